The lowest BCUT2D eigenvalue weighted by Crippen LogP contribution is -2.41. The van der Waals surface area contributed by atoms with E-state index in [-0.39, 0.29) is 29.4 Å². The number of hydrogen-bond donors (Lipinski definition) is 2. The van der Waals surface area contributed by atoms with Crippen LogP contribution < -0.4 is 10.6 Å². The Kier molecular flexibility index (Phi) is 8.15. The van der Waals surface area contributed by atoms with Gasteiger partial charge < -0.3 is 15.2 Å². The first-order valence-corrected chi connectivity index (χ1v) is 10.1. The fraction of sp³-hybridized carbons (Fsp3) is 0.500. The van der Waals surface area contributed by atoms with E-state index in [1.165, 1.54) is 22.9 Å². The Balaban J connectivity index is 0.00000261. The van der Waals surface area contributed by atoms with Crippen molar-refractivity contribution in [2.45, 2.75) is 51.5 Å². The van der Waals surface area contributed by atoms with Crippen LogP contribution in [0.4, 0.5) is 0 Å². The first-order valence-electron chi connectivity index (χ1n) is 9.29. The van der Waals surface area contributed by atoms with Crippen LogP contribution in [0.2, 0.25) is 0 Å². The van der Waals surface area contributed by atoms with E-state index < -0.39 is 0 Å². The molecule has 1 aromatic heterocycles. The van der Waals surface area contributed by atoms with E-state index >= 15 is 0 Å². The van der Waals surface area contributed by atoms with Gasteiger partial charge in [0.1, 0.15) is 5.76 Å². The summed E-state index contributed by atoms with van der Waals surface area (Å²) in [5, 5.41) is 11.1. The normalized spacial score (nSPS) is 15.2. The number of benzene rings is 1. The summed E-state index contributed by atoms with van der Waals surface area (Å²) in [5.74, 6) is 1.77. The molecule has 1 saturated carbocycles. The third-order valence-corrected chi connectivity index (χ3v) is 5.85. The SMILES string of the molecule is CCc1noc(CC)c1CNC(=NC)NCC1(c2ccccc2Br)CC1.I. The molecule has 27 heavy (non-hydrogen) atoms. The van der Waals surface area contributed by atoms with Crippen LogP contribution >= 0.6 is 39.9 Å². The summed E-state index contributed by atoms with van der Waals surface area (Å²) in [5.41, 5.74) is 3.77. The molecule has 3 rings (SSSR count). The Labute approximate surface area is 186 Å². The predicted octanol–water partition coefficient (Wildman–Crippen LogP) is 4.58. The number of halogens is 2. The van der Waals surface area contributed by atoms with Crippen molar-refractivity contribution >= 4 is 45.9 Å². The van der Waals surface area contributed by atoms with Crippen molar-refractivity contribution in [1.29, 1.82) is 0 Å². The molecule has 0 unspecified atom stereocenters. The molecule has 1 heterocycles. The van der Waals surface area contributed by atoms with E-state index in [1.54, 1.807) is 0 Å². The highest BCUT2D eigenvalue weighted by Crippen LogP contribution is 2.49. The molecule has 1 aliphatic rings. The molecule has 1 fully saturated rings. The summed E-state index contributed by atoms with van der Waals surface area (Å²) in [6.07, 6.45) is 4.12. The summed E-state index contributed by atoms with van der Waals surface area (Å²) < 4.78 is 6.63. The van der Waals surface area contributed by atoms with Crippen LogP contribution in [-0.4, -0.2) is 24.7 Å². The predicted molar refractivity (Wildman–Crippen MR) is 124 cm³/mol. The number of aromatic nitrogens is 1. The van der Waals surface area contributed by atoms with Crippen LogP contribution in [0.1, 0.15) is 49.3 Å². The molecular formula is C20H28BrIN4O. The molecular weight excluding hydrogens is 519 g/mol. The number of aliphatic imine (C=N–C) groups is 1. The second-order valence-corrected chi connectivity index (χ2v) is 7.63. The maximum atomic E-state index is 5.44. The quantitative estimate of drug-likeness (QED) is 0.303. The van der Waals surface area contributed by atoms with Gasteiger partial charge in [0.25, 0.3) is 0 Å². The molecule has 148 valence electrons. The van der Waals surface area contributed by atoms with Gasteiger partial charge in [0, 0.05) is 42.0 Å². The van der Waals surface area contributed by atoms with Crippen LogP contribution in [0, 0.1) is 0 Å². The highest BCUT2D eigenvalue weighted by molar-refractivity contribution is 14.0. The summed E-state index contributed by atoms with van der Waals surface area (Å²) in [7, 11) is 1.81. The summed E-state index contributed by atoms with van der Waals surface area (Å²) >= 11 is 3.69. The fourth-order valence-corrected chi connectivity index (χ4v) is 4.07. The minimum Gasteiger partial charge on any atom is -0.361 e. The number of guanidine groups is 1. The lowest BCUT2D eigenvalue weighted by Gasteiger charge is -2.20. The third kappa shape index (κ3) is 5.04. The van der Waals surface area contributed by atoms with Crippen molar-refractivity contribution in [2.75, 3.05) is 13.6 Å². The Bertz CT molecular complexity index is 765. The van der Waals surface area contributed by atoms with Crippen LogP contribution in [0.5, 0.6) is 0 Å². The zero-order valence-corrected chi connectivity index (χ0v) is 20.1. The van der Waals surface area contributed by atoms with Crippen molar-refractivity contribution in [1.82, 2.24) is 15.8 Å². The van der Waals surface area contributed by atoms with E-state index in [1.807, 2.05) is 7.05 Å². The van der Waals surface area contributed by atoms with E-state index in [0.717, 1.165) is 42.4 Å². The van der Waals surface area contributed by atoms with Crippen molar-refractivity contribution in [3.05, 3.63) is 51.3 Å². The lowest BCUT2D eigenvalue weighted by atomic mass is 9.96. The van der Waals surface area contributed by atoms with Crippen LogP contribution in [-0.2, 0) is 24.8 Å². The zero-order chi connectivity index (χ0) is 18.6. The van der Waals surface area contributed by atoms with E-state index in [2.05, 4.69) is 74.8 Å². The number of aryl methyl sites for hydroxylation is 2. The highest BCUT2D eigenvalue weighted by atomic mass is 127. The Morgan fingerprint density at radius 2 is 1.96 bits per heavy atom. The first kappa shape index (κ1) is 22.2. The average molecular weight is 547 g/mol. The standard InChI is InChI=1S/C20H27BrN4O.HI/c1-4-17-14(18(5-2)26-25-17)12-23-19(22-3)24-13-20(10-11-20)15-8-6-7-9-16(15)21;/h6-9H,4-5,10-13H2,1-3H3,(H2,22,23,24);1H. The van der Waals surface area contributed by atoms with Gasteiger partial charge in [-0.3, -0.25) is 4.99 Å². The molecule has 0 aliphatic heterocycles. The van der Waals surface area contributed by atoms with Gasteiger partial charge in [0.15, 0.2) is 5.96 Å². The Morgan fingerprint density at radius 3 is 2.56 bits per heavy atom. The highest BCUT2D eigenvalue weighted by Gasteiger charge is 2.45. The molecule has 2 N–H and O–H groups in total. The minimum absolute atomic E-state index is 0. The zero-order valence-electron chi connectivity index (χ0n) is 16.1. The summed E-state index contributed by atoms with van der Waals surface area (Å²) in [6, 6.07) is 8.50. The summed E-state index contributed by atoms with van der Waals surface area (Å²) in [6.45, 7) is 5.74. The Hall–Kier alpha value is -1.09. The maximum absolute atomic E-state index is 5.44. The topological polar surface area (TPSA) is 62.5 Å². The van der Waals surface area contributed by atoms with E-state index in [0.29, 0.717) is 6.54 Å². The molecule has 0 saturated heterocycles. The van der Waals surface area contributed by atoms with Gasteiger partial charge in [0.05, 0.1) is 5.69 Å². The van der Waals surface area contributed by atoms with Gasteiger partial charge in [0.2, 0.25) is 0 Å². The molecule has 0 amide bonds. The van der Waals surface area contributed by atoms with Crippen molar-refractivity contribution in [2.24, 2.45) is 4.99 Å². The van der Waals surface area contributed by atoms with Gasteiger partial charge in [-0.05, 0) is 30.9 Å². The molecule has 0 spiro atoms. The molecule has 0 atom stereocenters. The lowest BCUT2D eigenvalue weighted by molar-refractivity contribution is 0.380. The second-order valence-electron chi connectivity index (χ2n) is 6.78. The molecule has 1 aliphatic carbocycles. The van der Waals surface area contributed by atoms with Gasteiger partial charge in [-0.15, -0.1) is 24.0 Å². The number of rotatable bonds is 7. The number of nitrogens with one attached hydrogen (secondary N) is 2. The van der Waals surface area contributed by atoms with Crippen LogP contribution in [0.3, 0.4) is 0 Å². The van der Waals surface area contributed by atoms with Crippen LogP contribution in [0.25, 0.3) is 0 Å². The van der Waals surface area contributed by atoms with Gasteiger partial charge >= 0.3 is 0 Å². The number of hydrogen-bond acceptors (Lipinski definition) is 3. The Morgan fingerprint density at radius 1 is 1.22 bits per heavy atom. The monoisotopic (exact) mass is 546 g/mol. The van der Waals surface area contributed by atoms with Crippen LogP contribution in [0.15, 0.2) is 38.3 Å². The van der Waals surface area contributed by atoms with Gasteiger partial charge in [-0.1, -0.05) is 53.1 Å². The smallest absolute Gasteiger partial charge is 0.191 e. The van der Waals surface area contributed by atoms with E-state index in [9.17, 15) is 0 Å². The van der Waals surface area contributed by atoms with Crippen molar-refractivity contribution < 1.29 is 4.52 Å². The average Bonchev–Trinajstić information content (AvgIpc) is 3.34. The minimum atomic E-state index is 0. The van der Waals surface area contributed by atoms with Crippen molar-refractivity contribution in [3.8, 4) is 0 Å². The molecule has 5 nitrogen and oxygen atoms in total. The third-order valence-electron chi connectivity index (χ3n) is 5.16. The summed E-state index contributed by atoms with van der Waals surface area (Å²) in [4.78, 5) is 4.38. The van der Waals surface area contributed by atoms with Gasteiger partial charge in [-0.2, -0.15) is 0 Å². The molecule has 7 heteroatoms. The molecule has 1 aromatic carbocycles. The second kappa shape index (κ2) is 9.91. The molecule has 2 aromatic rings. The molecule has 0 bridgehead atoms. The van der Waals surface area contributed by atoms with Gasteiger partial charge in [-0.25, -0.2) is 0 Å². The largest absolute Gasteiger partial charge is 0.361 e. The van der Waals surface area contributed by atoms with E-state index in [4.69, 9.17) is 4.52 Å². The molecule has 0 radical (unpaired) electrons. The fourth-order valence-electron chi connectivity index (χ4n) is 3.37. The van der Waals surface area contributed by atoms with Crippen molar-refractivity contribution in [3.63, 3.8) is 0 Å². The maximum Gasteiger partial charge on any atom is 0.191 e. The first-order chi connectivity index (χ1) is 12.6. The number of nitrogens with zero attached hydrogens (tertiary/aromatic N) is 2.